The molecule has 4 amide bonds. The van der Waals surface area contributed by atoms with E-state index in [-0.39, 0.29) is 16.6 Å². The van der Waals surface area contributed by atoms with Gasteiger partial charge in [-0.1, -0.05) is 0 Å². The van der Waals surface area contributed by atoms with Gasteiger partial charge in [0.1, 0.15) is 11.8 Å². The highest BCUT2D eigenvalue weighted by Gasteiger charge is 2.49. The zero-order chi connectivity index (χ0) is 20.5. The monoisotopic (exact) mass is 412 g/mol. The van der Waals surface area contributed by atoms with Crippen LogP contribution in [0.4, 0.5) is 0 Å². The Morgan fingerprint density at radius 3 is 1.00 bits per heavy atom. The second kappa shape index (κ2) is 8.39. The molecule has 0 spiro atoms. The van der Waals surface area contributed by atoms with Gasteiger partial charge in [0.15, 0.2) is 10.2 Å². The summed E-state index contributed by atoms with van der Waals surface area (Å²) in [7, 11) is 0. The fourth-order valence-electron chi connectivity index (χ4n) is 3.44. The quantitative estimate of drug-likeness (QED) is 0.469. The molecule has 0 unspecified atom stereocenters. The minimum atomic E-state index is -1.11. The first-order valence-electron chi connectivity index (χ1n) is 9.08. The SMILES string of the molecule is CCN1C(=O)C(CC2C(=O)N(CC)C(=S)N(CC)C2=O)C(=O)N(CC)C1=S. The first kappa shape index (κ1) is 21.4. The Balaban J connectivity index is 2.37. The van der Waals surface area contributed by atoms with Crippen molar-refractivity contribution in [3.05, 3.63) is 0 Å². The Labute approximate surface area is 169 Å². The number of carbonyl (C=O) groups excluding carboxylic acids is 4. The van der Waals surface area contributed by atoms with Crippen LogP contribution in [0, 0.1) is 11.8 Å². The second-order valence-electron chi connectivity index (χ2n) is 6.24. The van der Waals surface area contributed by atoms with Crippen LogP contribution in [0.3, 0.4) is 0 Å². The number of rotatable bonds is 6. The van der Waals surface area contributed by atoms with Gasteiger partial charge >= 0.3 is 0 Å². The van der Waals surface area contributed by atoms with Crippen LogP contribution in [0.2, 0.25) is 0 Å². The van der Waals surface area contributed by atoms with E-state index in [1.807, 2.05) is 0 Å². The lowest BCUT2D eigenvalue weighted by molar-refractivity contribution is -0.151. The fraction of sp³-hybridized carbons (Fsp3) is 0.647. The fourth-order valence-corrected chi connectivity index (χ4v) is 4.31. The van der Waals surface area contributed by atoms with E-state index in [0.29, 0.717) is 26.2 Å². The van der Waals surface area contributed by atoms with Gasteiger partial charge in [-0.2, -0.15) is 0 Å². The highest BCUT2D eigenvalue weighted by Crippen LogP contribution is 2.29. The molecule has 0 atom stereocenters. The third kappa shape index (κ3) is 3.47. The van der Waals surface area contributed by atoms with Crippen molar-refractivity contribution in [1.82, 2.24) is 19.6 Å². The van der Waals surface area contributed by atoms with E-state index < -0.39 is 35.5 Å². The third-order valence-corrected chi connectivity index (χ3v) is 5.80. The Morgan fingerprint density at radius 1 is 0.593 bits per heavy atom. The van der Waals surface area contributed by atoms with Crippen LogP contribution in [0.5, 0.6) is 0 Å². The molecule has 0 N–H and O–H groups in total. The van der Waals surface area contributed by atoms with Crippen molar-refractivity contribution in [2.75, 3.05) is 26.2 Å². The highest BCUT2D eigenvalue weighted by atomic mass is 32.1. The number of hydrogen-bond acceptors (Lipinski definition) is 6. The summed E-state index contributed by atoms with van der Waals surface area (Å²) in [6.45, 7) is 8.31. The standard InChI is InChI=1S/C17H24N4O4S2/c1-5-18-12(22)10(13(23)19(6-2)16(18)26)9-11-14(24)20(7-3)17(27)21(8-4)15(11)25/h10-11H,5-9H2,1-4H3. The zero-order valence-corrected chi connectivity index (χ0v) is 17.6. The van der Waals surface area contributed by atoms with Crippen LogP contribution >= 0.6 is 24.4 Å². The van der Waals surface area contributed by atoms with Crippen LogP contribution in [-0.2, 0) is 19.2 Å². The first-order chi connectivity index (χ1) is 12.7. The summed E-state index contributed by atoms with van der Waals surface area (Å²) in [6.07, 6.45) is -0.180. The molecule has 0 aromatic rings. The molecule has 2 fully saturated rings. The lowest BCUT2D eigenvalue weighted by Crippen LogP contribution is -2.63. The van der Waals surface area contributed by atoms with Gasteiger partial charge in [-0.3, -0.25) is 38.8 Å². The van der Waals surface area contributed by atoms with E-state index in [1.165, 1.54) is 19.6 Å². The van der Waals surface area contributed by atoms with E-state index in [0.717, 1.165) is 0 Å². The van der Waals surface area contributed by atoms with Crippen LogP contribution in [0.1, 0.15) is 34.1 Å². The van der Waals surface area contributed by atoms with Crippen LogP contribution < -0.4 is 0 Å². The number of carbonyl (C=O) groups is 4. The minimum Gasteiger partial charge on any atom is -0.288 e. The smallest absolute Gasteiger partial charge is 0.241 e. The van der Waals surface area contributed by atoms with Gasteiger partial charge in [-0.25, -0.2) is 0 Å². The Morgan fingerprint density at radius 2 is 0.815 bits per heavy atom. The minimum absolute atomic E-state index is 0.166. The number of hydrogen-bond donors (Lipinski definition) is 0. The third-order valence-electron chi connectivity index (χ3n) is 4.92. The highest BCUT2D eigenvalue weighted by molar-refractivity contribution is 7.80. The number of nitrogens with zero attached hydrogens (tertiary/aromatic N) is 4. The largest absolute Gasteiger partial charge is 0.288 e. The van der Waals surface area contributed by atoms with Gasteiger partial charge in [0.25, 0.3) is 0 Å². The molecule has 8 nitrogen and oxygen atoms in total. The van der Waals surface area contributed by atoms with Gasteiger partial charge in [-0.15, -0.1) is 0 Å². The van der Waals surface area contributed by atoms with Gasteiger partial charge in [0.05, 0.1) is 0 Å². The summed E-state index contributed by atoms with van der Waals surface area (Å²) in [5.41, 5.74) is 0. The van der Waals surface area contributed by atoms with E-state index in [9.17, 15) is 19.2 Å². The van der Waals surface area contributed by atoms with Crippen molar-refractivity contribution >= 4 is 58.3 Å². The van der Waals surface area contributed by atoms with Gasteiger partial charge in [0.2, 0.25) is 23.6 Å². The molecule has 2 rings (SSSR count). The summed E-state index contributed by atoms with van der Waals surface area (Å²) in [6, 6.07) is 0. The summed E-state index contributed by atoms with van der Waals surface area (Å²) in [5, 5.41) is 0.332. The molecule has 2 aliphatic rings. The summed E-state index contributed by atoms with van der Waals surface area (Å²) in [4.78, 5) is 56.6. The van der Waals surface area contributed by atoms with Crippen molar-refractivity contribution < 1.29 is 19.2 Å². The van der Waals surface area contributed by atoms with Crippen molar-refractivity contribution in [3.63, 3.8) is 0 Å². The molecule has 0 aliphatic carbocycles. The molecular weight excluding hydrogens is 388 g/mol. The average molecular weight is 413 g/mol. The number of amides is 4. The molecule has 0 aromatic heterocycles. The maximum atomic E-state index is 12.8. The van der Waals surface area contributed by atoms with Crippen LogP contribution in [0.25, 0.3) is 0 Å². The summed E-state index contributed by atoms with van der Waals surface area (Å²) >= 11 is 10.5. The van der Waals surface area contributed by atoms with E-state index >= 15 is 0 Å². The van der Waals surface area contributed by atoms with E-state index in [4.69, 9.17) is 24.4 Å². The molecule has 0 bridgehead atoms. The first-order valence-corrected chi connectivity index (χ1v) is 9.89. The Bertz CT molecular complexity index is 601. The molecule has 27 heavy (non-hydrogen) atoms. The molecule has 2 heterocycles. The summed E-state index contributed by atoms with van der Waals surface area (Å²) in [5.74, 6) is -4.07. The van der Waals surface area contributed by atoms with Gasteiger partial charge in [-0.05, 0) is 58.6 Å². The van der Waals surface area contributed by atoms with Gasteiger partial charge in [0, 0.05) is 26.2 Å². The predicted molar refractivity (Wildman–Crippen MR) is 106 cm³/mol. The molecule has 0 aromatic carbocycles. The molecule has 0 radical (unpaired) electrons. The van der Waals surface area contributed by atoms with E-state index in [1.54, 1.807) is 27.7 Å². The second-order valence-corrected chi connectivity index (χ2v) is 6.97. The Kier molecular flexibility index (Phi) is 6.63. The molecule has 0 saturated carbocycles. The van der Waals surface area contributed by atoms with Crippen molar-refractivity contribution in [1.29, 1.82) is 0 Å². The normalized spacial score (nSPS) is 20.4. The molecule has 148 valence electrons. The maximum absolute atomic E-state index is 12.8. The van der Waals surface area contributed by atoms with Gasteiger partial charge < -0.3 is 0 Å². The maximum Gasteiger partial charge on any atom is 0.241 e. The lowest BCUT2D eigenvalue weighted by Gasteiger charge is -2.42. The predicted octanol–water partition coefficient (Wildman–Crippen LogP) is 0.600. The topological polar surface area (TPSA) is 81.2 Å². The summed E-state index contributed by atoms with van der Waals surface area (Å²) < 4.78 is 0. The van der Waals surface area contributed by atoms with Crippen molar-refractivity contribution in [2.24, 2.45) is 11.8 Å². The van der Waals surface area contributed by atoms with Crippen LogP contribution in [0.15, 0.2) is 0 Å². The van der Waals surface area contributed by atoms with Crippen molar-refractivity contribution in [2.45, 2.75) is 34.1 Å². The molecule has 10 heteroatoms. The molecule has 2 saturated heterocycles. The Hall–Kier alpha value is -1.94. The zero-order valence-electron chi connectivity index (χ0n) is 15.9. The molecule has 2 aliphatic heterocycles. The molecular formula is C17H24N4O4S2. The lowest BCUT2D eigenvalue weighted by atomic mass is 9.88. The van der Waals surface area contributed by atoms with E-state index in [2.05, 4.69) is 0 Å². The number of thiocarbonyl (C=S) groups is 2. The average Bonchev–Trinajstić information content (AvgIpc) is 2.62. The van der Waals surface area contributed by atoms with Crippen molar-refractivity contribution in [3.8, 4) is 0 Å². The van der Waals surface area contributed by atoms with Crippen LogP contribution in [-0.4, -0.2) is 79.6 Å².